The van der Waals surface area contributed by atoms with Gasteiger partial charge in [0, 0.05) is 31.1 Å². The molecule has 0 saturated heterocycles. The van der Waals surface area contributed by atoms with E-state index in [-0.39, 0.29) is 0 Å². The second-order valence-electron chi connectivity index (χ2n) is 5.15. The molecule has 5 nitrogen and oxygen atoms in total. The monoisotopic (exact) mass is 299 g/mol. The maximum absolute atomic E-state index is 4.20. The van der Waals surface area contributed by atoms with Crippen molar-refractivity contribution in [3.05, 3.63) is 11.9 Å². The predicted molar refractivity (Wildman–Crippen MR) is 87.1 cm³/mol. The van der Waals surface area contributed by atoms with Gasteiger partial charge < -0.3 is 10.2 Å². The van der Waals surface area contributed by atoms with E-state index in [0.29, 0.717) is 6.04 Å². The van der Waals surface area contributed by atoms with Crippen LogP contribution < -0.4 is 5.32 Å². The van der Waals surface area contributed by atoms with Crippen molar-refractivity contribution in [1.29, 1.82) is 0 Å². The van der Waals surface area contributed by atoms with E-state index < -0.39 is 0 Å². The van der Waals surface area contributed by atoms with Gasteiger partial charge in [-0.15, -0.1) is 5.10 Å². The van der Waals surface area contributed by atoms with Gasteiger partial charge in [-0.2, -0.15) is 11.8 Å². The molecule has 0 aliphatic heterocycles. The summed E-state index contributed by atoms with van der Waals surface area (Å²) in [5, 5.41) is 11.7. The fourth-order valence-corrected chi connectivity index (χ4v) is 2.99. The van der Waals surface area contributed by atoms with Gasteiger partial charge in [-0.1, -0.05) is 19.1 Å². The molecule has 1 aromatic heterocycles. The van der Waals surface area contributed by atoms with Gasteiger partial charge in [0.1, 0.15) is 0 Å². The molecule has 1 unspecified atom stereocenters. The average molecular weight is 299 g/mol. The van der Waals surface area contributed by atoms with Crippen LogP contribution in [0.2, 0.25) is 0 Å². The topological polar surface area (TPSA) is 46.0 Å². The van der Waals surface area contributed by atoms with Gasteiger partial charge in [0.2, 0.25) is 0 Å². The summed E-state index contributed by atoms with van der Waals surface area (Å²) in [6.45, 7) is 8.19. The Bertz CT molecular complexity index is 355. The lowest BCUT2D eigenvalue weighted by molar-refractivity contribution is 0.242. The Balaban J connectivity index is 2.33. The van der Waals surface area contributed by atoms with E-state index in [1.54, 1.807) is 0 Å². The largest absolute Gasteiger partial charge is 0.311 e. The Morgan fingerprint density at radius 1 is 1.45 bits per heavy atom. The zero-order chi connectivity index (χ0) is 14.8. The standard InChI is InChI=1S/C14H29N5S/c1-5-7-15-10-13-11-19(17-16-13)9-8-18(3)14(6-2)12-20-4/h11,14-15H,5-10,12H2,1-4H3. The van der Waals surface area contributed by atoms with Crippen LogP contribution in [0.1, 0.15) is 32.4 Å². The zero-order valence-electron chi connectivity index (χ0n) is 13.3. The summed E-state index contributed by atoms with van der Waals surface area (Å²) in [5.41, 5.74) is 1.03. The van der Waals surface area contributed by atoms with Crippen LogP contribution in [0.15, 0.2) is 6.20 Å². The first-order chi connectivity index (χ1) is 9.71. The molecule has 0 radical (unpaired) electrons. The number of aromatic nitrogens is 3. The minimum Gasteiger partial charge on any atom is -0.311 e. The van der Waals surface area contributed by atoms with Crippen LogP contribution in [0.5, 0.6) is 0 Å². The summed E-state index contributed by atoms with van der Waals surface area (Å²) in [6.07, 6.45) is 6.56. The number of thioether (sulfide) groups is 1. The highest BCUT2D eigenvalue weighted by Crippen LogP contribution is 2.08. The lowest BCUT2D eigenvalue weighted by Crippen LogP contribution is -2.35. The molecule has 0 spiro atoms. The molecular weight excluding hydrogens is 270 g/mol. The molecule has 1 rings (SSSR count). The number of nitrogens with zero attached hydrogens (tertiary/aromatic N) is 4. The molecule has 1 atom stereocenters. The van der Waals surface area contributed by atoms with Crippen LogP contribution >= 0.6 is 11.8 Å². The maximum atomic E-state index is 4.20. The molecule has 0 saturated carbocycles. The quantitative estimate of drug-likeness (QED) is 0.632. The van der Waals surface area contributed by atoms with E-state index in [1.165, 1.54) is 12.2 Å². The van der Waals surface area contributed by atoms with Gasteiger partial charge in [-0.05, 0) is 32.7 Å². The highest BCUT2D eigenvalue weighted by Gasteiger charge is 2.12. The van der Waals surface area contributed by atoms with Gasteiger partial charge in [-0.3, -0.25) is 4.68 Å². The van der Waals surface area contributed by atoms with Crippen molar-refractivity contribution >= 4 is 11.8 Å². The summed E-state index contributed by atoms with van der Waals surface area (Å²) in [5.74, 6) is 1.19. The van der Waals surface area contributed by atoms with E-state index in [9.17, 15) is 0 Å². The fraction of sp³-hybridized carbons (Fsp3) is 0.857. The number of rotatable bonds is 11. The van der Waals surface area contributed by atoms with Gasteiger partial charge in [0.05, 0.1) is 12.2 Å². The molecule has 1 N–H and O–H groups in total. The van der Waals surface area contributed by atoms with E-state index >= 15 is 0 Å². The summed E-state index contributed by atoms with van der Waals surface area (Å²) in [4.78, 5) is 2.42. The Morgan fingerprint density at radius 3 is 2.90 bits per heavy atom. The smallest absolute Gasteiger partial charge is 0.0964 e. The van der Waals surface area contributed by atoms with E-state index in [0.717, 1.165) is 38.3 Å². The number of nitrogens with one attached hydrogen (secondary N) is 1. The minimum absolute atomic E-state index is 0.652. The van der Waals surface area contributed by atoms with Gasteiger partial charge >= 0.3 is 0 Å². The molecular formula is C14H29N5S. The van der Waals surface area contributed by atoms with Crippen LogP contribution in [-0.2, 0) is 13.1 Å². The van der Waals surface area contributed by atoms with Crippen LogP contribution in [0.25, 0.3) is 0 Å². The lowest BCUT2D eigenvalue weighted by atomic mass is 10.2. The lowest BCUT2D eigenvalue weighted by Gasteiger charge is -2.26. The van der Waals surface area contributed by atoms with Crippen molar-refractivity contribution in [2.75, 3.05) is 32.1 Å². The van der Waals surface area contributed by atoms with Gasteiger partial charge in [0.25, 0.3) is 0 Å². The van der Waals surface area contributed by atoms with Crippen LogP contribution in [0.4, 0.5) is 0 Å². The second kappa shape index (κ2) is 10.2. The molecule has 6 heteroatoms. The van der Waals surface area contributed by atoms with Crippen molar-refractivity contribution in [2.45, 2.75) is 45.8 Å². The molecule has 0 amide bonds. The Morgan fingerprint density at radius 2 is 2.25 bits per heavy atom. The number of hydrogen-bond acceptors (Lipinski definition) is 5. The molecule has 1 heterocycles. The Kier molecular flexibility index (Phi) is 8.89. The van der Waals surface area contributed by atoms with Crippen molar-refractivity contribution in [3.63, 3.8) is 0 Å². The first-order valence-electron chi connectivity index (χ1n) is 7.50. The molecule has 0 aliphatic carbocycles. The third-order valence-electron chi connectivity index (χ3n) is 3.45. The molecule has 20 heavy (non-hydrogen) atoms. The van der Waals surface area contributed by atoms with Crippen LogP contribution in [0.3, 0.4) is 0 Å². The summed E-state index contributed by atoms with van der Waals surface area (Å²) < 4.78 is 1.95. The Labute approximate surface area is 127 Å². The number of hydrogen-bond donors (Lipinski definition) is 1. The second-order valence-corrected chi connectivity index (χ2v) is 6.06. The van der Waals surface area contributed by atoms with E-state index in [1.807, 2.05) is 22.6 Å². The van der Waals surface area contributed by atoms with Crippen LogP contribution in [0, 0.1) is 0 Å². The van der Waals surface area contributed by atoms with Crippen molar-refractivity contribution in [3.8, 4) is 0 Å². The summed E-state index contributed by atoms with van der Waals surface area (Å²) >= 11 is 1.91. The van der Waals surface area contributed by atoms with Gasteiger partial charge in [0.15, 0.2) is 0 Å². The summed E-state index contributed by atoms with van der Waals surface area (Å²) in [6, 6.07) is 0.652. The highest BCUT2D eigenvalue weighted by atomic mass is 32.2. The van der Waals surface area contributed by atoms with Crippen molar-refractivity contribution in [1.82, 2.24) is 25.2 Å². The van der Waals surface area contributed by atoms with Crippen molar-refractivity contribution in [2.24, 2.45) is 0 Å². The molecule has 0 aliphatic rings. The van der Waals surface area contributed by atoms with E-state index in [2.05, 4.69) is 47.7 Å². The highest BCUT2D eigenvalue weighted by molar-refractivity contribution is 7.98. The maximum Gasteiger partial charge on any atom is 0.0964 e. The predicted octanol–water partition coefficient (Wildman–Crippen LogP) is 1.85. The third kappa shape index (κ3) is 6.24. The molecule has 0 bridgehead atoms. The third-order valence-corrected chi connectivity index (χ3v) is 4.17. The minimum atomic E-state index is 0.652. The zero-order valence-corrected chi connectivity index (χ0v) is 14.1. The van der Waals surface area contributed by atoms with Gasteiger partial charge in [-0.25, -0.2) is 0 Å². The SMILES string of the molecule is CCCNCc1cn(CCN(C)C(CC)CSC)nn1. The molecule has 116 valence electrons. The van der Waals surface area contributed by atoms with E-state index in [4.69, 9.17) is 0 Å². The van der Waals surface area contributed by atoms with Crippen LogP contribution in [-0.4, -0.2) is 58.1 Å². The normalized spacial score (nSPS) is 13.1. The molecule has 0 fully saturated rings. The first kappa shape index (κ1) is 17.5. The molecule has 1 aromatic rings. The fourth-order valence-electron chi connectivity index (χ4n) is 2.11. The average Bonchev–Trinajstić information content (AvgIpc) is 2.90. The Hall–Kier alpha value is -0.590. The first-order valence-corrected chi connectivity index (χ1v) is 8.89. The number of likely N-dealkylation sites (N-methyl/N-ethyl adjacent to an activating group) is 1. The summed E-state index contributed by atoms with van der Waals surface area (Å²) in [7, 11) is 2.20. The molecule has 0 aromatic carbocycles. The van der Waals surface area contributed by atoms with Crippen molar-refractivity contribution < 1.29 is 0 Å².